The molecule has 0 aromatic heterocycles. The maximum Gasteiger partial charge on any atom is 0.194 e. The van der Waals surface area contributed by atoms with Gasteiger partial charge in [-0.3, -0.25) is 9.89 Å². The number of aliphatic hydroxyl groups excluding tert-OH is 1. The highest BCUT2D eigenvalue weighted by molar-refractivity contribution is 5.80. The molecule has 1 aliphatic rings. The zero-order chi connectivity index (χ0) is 19.8. The van der Waals surface area contributed by atoms with Crippen LogP contribution in [-0.2, 0) is 6.54 Å². The van der Waals surface area contributed by atoms with Crippen molar-refractivity contribution in [1.82, 2.24) is 15.1 Å². The molecular formula is C22H29FN4O. The summed E-state index contributed by atoms with van der Waals surface area (Å²) in [5, 5.41) is 13.7. The summed E-state index contributed by atoms with van der Waals surface area (Å²) in [7, 11) is 0. The molecule has 0 bridgehead atoms. The highest BCUT2D eigenvalue weighted by Gasteiger charge is 2.20. The lowest BCUT2D eigenvalue weighted by atomic mass is 10.1. The van der Waals surface area contributed by atoms with Gasteiger partial charge in [-0.15, -0.1) is 0 Å². The zero-order valence-corrected chi connectivity index (χ0v) is 16.4. The van der Waals surface area contributed by atoms with Gasteiger partial charge in [0.25, 0.3) is 0 Å². The molecule has 150 valence electrons. The first-order valence-corrected chi connectivity index (χ1v) is 9.88. The number of hydrogen-bond donors (Lipinski definition) is 2. The van der Waals surface area contributed by atoms with E-state index in [4.69, 9.17) is 0 Å². The fraction of sp³-hybridized carbons (Fsp3) is 0.409. The monoisotopic (exact) mass is 384 g/mol. The average Bonchev–Trinajstić information content (AvgIpc) is 2.73. The Labute approximate surface area is 166 Å². The Hall–Kier alpha value is -2.44. The molecule has 28 heavy (non-hydrogen) atoms. The second-order valence-corrected chi connectivity index (χ2v) is 7.01. The Morgan fingerprint density at radius 1 is 1.07 bits per heavy atom. The lowest BCUT2D eigenvalue weighted by Gasteiger charge is -2.36. The van der Waals surface area contributed by atoms with Crippen LogP contribution in [0.5, 0.6) is 0 Å². The van der Waals surface area contributed by atoms with Gasteiger partial charge in [0, 0.05) is 39.3 Å². The van der Waals surface area contributed by atoms with Crippen molar-refractivity contribution in [3.63, 3.8) is 0 Å². The lowest BCUT2D eigenvalue weighted by molar-refractivity contribution is 0.169. The molecule has 1 atom stereocenters. The van der Waals surface area contributed by atoms with Crippen LogP contribution < -0.4 is 5.32 Å². The minimum Gasteiger partial charge on any atom is -0.386 e. The van der Waals surface area contributed by atoms with E-state index in [1.165, 1.54) is 17.7 Å². The van der Waals surface area contributed by atoms with E-state index in [-0.39, 0.29) is 12.4 Å². The van der Waals surface area contributed by atoms with Gasteiger partial charge in [-0.05, 0) is 30.2 Å². The number of nitrogens with zero attached hydrogens (tertiary/aromatic N) is 3. The number of benzene rings is 2. The van der Waals surface area contributed by atoms with Gasteiger partial charge in [-0.1, -0.05) is 42.5 Å². The molecule has 0 spiro atoms. The van der Waals surface area contributed by atoms with Crippen LogP contribution in [0.1, 0.15) is 24.2 Å². The van der Waals surface area contributed by atoms with Crippen LogP contribution in [0.25, 0.3) is 0 Å². The van der Waals surface area contributed by atoms with E-state index in [0.717, 1.165) is 45.2 Å². The molecule has 0 aliphatic carbocycles. The van der Waals surface area contributed by atoms with E-state index in [9.17, 15) is 9.50 Å². The molecule has 0 saturated carbocycles. The number of piperazine rings is 1. The van der Waals surface area contributed by atoms with Crippen molar-refractivity contribution in [2.24, 2.45) is 4.99 Å². The maximum absolute atomic E-state index is 13.0. The van der Waals surface area contributed by atoms with Gasteiger partial charge in [-0.25, -0.2) is 4.39 Å². The maximum atomic E-state index is 13.0. The number of hydrogen-bond acceptors (Lipinski definition) is 3. The van der Waals surface area contributed by atoms with Crippen molar-refractivity contribution in [2.45, 2.75) is 19.6 Å². The Morgan fingerprint density at radius 2 is 1.75 bits per heavy atom. The number of guanidine groups is 1. The van der Waals surface area contributed by atoms with Gasteiger partial charge in [0.1, 0.15) is 5.82 Å². The number of rotatable bonds is 6. The van der Waals surface area contributed by atoms with Gasteiger partial charge in [0.2, 0.25) is 0 Å². The van der Waals surface area contributed by atoms with Crippen LogP contribution >= 0.6 is 0 Å². The van der Waals surface area contributed by atoms with E-state index in [0.29, 0.717) is 5.56 Å². The van der Waals surface area contributed by atoms with Crippen LogP contribution in [0, 0.1) is 5.82 Å². The van der Waals surface area contributed by atoms with E-state index < -0.39 is 6.10 Å². The molecule has 2 N–H and O–H groups in total. The van der Waals surface area contributed by atoms with Crippen LogP contribution in [0.3, 0.4) is 0 Å². The smallest absolute Gasteiger partial charge is 0.194 e. The first-order valence-electron chi connectivity index (χ1n) is 9.88. The van der Waals surface area contributed by atoms with Crippen molar-refractivity contribution in [3.05, 3.63) is 71.5 Å². The number of nitrogens with one attached hydrogen (secondary N) is 1. The standard InChI is InChI=1S/C22H29FN4O/c1-2-24-22(25-16-21(28)19-8-10-20(23)11-9-19)27-14-12-26(13-15-27)17-18-6-4-3-5-7-18/h3-11,21,28H,2,12-17H2,1H3,(H,24,25). The molecule has 3 rings (SSSR count). The fourth-order valence-electron chi connectivity index (χ4n) is 3.35. The molecular weight excluding hydrogens is 355 g/mol. The normalized spacial score (nSPS) is 16.8. The van der Waals surface area contributed by atoms with Crippen LogP contribution in [0.4, 0.5) is 4.39 Å². The average molecular weight is 384 g/mol. The summed E-state index contributed by atoms with van der Waals surface area (Å²) >= 11 is 0. The highest BCUT2D eigenvalue weighted by Crippen LogP contribution is 2.14. The van der Waals surface area contributed by atoms with Crippen molar-refractivity contribution in [2.75, 3.05) is 39.3 Å². The predicted octanol–water partition coefficient (Wildman–Crippen LogP) is 2.64. The molecule has 2 aromatic carbocycles. The largest absolute Gasteiger partial charge is 0.386 e. The summed E-state index contributed by atoms with van der Waals surface area (Å²) in [6.07, 6.45) is -0.742. The van der Waals surface area contributed by atoms with Crippen molar-refractivity contribution >= 4 is 5.96 Å². The molecule has 6 heteroatoms. The first kappa shape index (κ1) is 20.3. The van der Waals surface area contributed by atoms with E-state index >= 15 is 0 Å². The molecule has 0 amide bonds. The molecule has 1 heterocycles. The lowest BCUT2D eigenvalue weighted by Crippen LogP contribution is -2.52. The molecule has 1 unspecified atom stereocenters. The molecule has 5 nitrogen and oxygen atoms in total. The topological polar surface area (TPSA) is 51.1 Å². The van der Waals surface area contributed by atoms with Crippen molar-refractivity contribution in [1.29, 1.82) is 0 Å². The van der Waals surface area contributed by atoms with Gasteiger partial charge in [-0.2, -0.15) is 0 Å². The minimum atomic E-state index is -0.742. The van der Waals surface area contributed by atoms with Crippen LogP contribution in [0.2, 0.25) is 0 Å². The van der Waals surface area contributed by atoms with Crippen LogP contribution in [-0.4, -0.2) is 60.1 Å². The van der Waals surface area contributed by atoms with E-state index in [1.54, 1.807) is 12.1 Å². The Balaban J connectivity index is 1.55. The van der Waals surface area contributed by atoms with Gasteiger partial charge in [0.05, 0.1) is 12.6 Å². The van der Waals surface area contributed by atoms with Gasteiger partial charge >= 0.3 is 0 Å². The first-order chi connectivity index (χ1) is 13.7. The van der Waals surface area contributed by atoms with Gasteiger partial charge < -0.3 is 15.3 Å². The second kappa shape index (κ2) is 10.2. The summed E-state index contributed by atoms with van der Waals surface area (Å²) in [5.74, 6) is 0.518. The zero-order valence-electron chi connectivity index (χ0n) is 16.4. The molecule has 1 fully saturated rings. The van der Waals surface area contributed by atoms with Gasteiger partial charge in [0.15, 0.2) is 5.96 Å². The summed E-state index contributed by atoms with van der Waals surface area (Å²) in [5.41, 5.74) is 2.01. The Morgan fingerprint density at radius 3 is 2.39 bits per heavy atom. The number of aliphatic hydroxyl groups is 1. The summed E-state index contributed by atoms with van der Waals surface area (Å²) in [4.78, 5) is 9.30. The predicted molar refractivity (Wildman–Crippen MR) is 111 cm³/mol. The molecule has 1 saturated heterocycles. The third-order valence-electron chi connectivity index (χ3n) is 4.92. The van der Waals surface area contributed by atoms with Crippen LogP contribution in [0.15, 0.2) is 59.6 Å². The molecule has 1 aliphatic heterocycles. The van der Waals surface area contributed by atoms with Crippen molar-refractivity contribution < 1.29 is 9.50 Å². The highest BCUT2D eigenvalue weighted by atomic mass is 19.1. The summed E-state index contributed by atoms with van der Waals surface area (Å²) < 4.78 is 13.0. The summed E-state index contributed by atoms with van der Waals surface area (Å²) in [6, 6.07) is 16.4. The number of aliphatic imine (C=N–C) groups is 1. The summed E-state index contributed by atoms with van der Waals surface area (Å²) in [6.45, 7) is 7.76. The quantitative estimate of drug-likeness (QED) is 0.594. The third kappa shape index (κ3) is 5.78. The van der Waals surface area contributed by atoms with Crippen molar-refractivity contribution in [3.8, 4) is 0 Å². The third-order valence-corrected chi connectivity index (χ3v) is 4.92. The molecule has 2 aromatic rings. The fourth-order valence-corrected chi connectivity index (χ4v) is 3.35. The number of halogens is 1. The minimum absolute atomic E-state index is 0.248. The molecule has 0 radical (unpaired) electrons. The SMILES string of the molecule is CCNC(=NCC(O)c1ccc(F)cc1)N1CCN(Cc2ccccc2)CC1. The Bertz CT molecular complexity index is 743. The van der Waals surface area contributed by atoms with E-state index in [1.807, 2.05) is 13.0 Å². The second-order valence-electron chi connectivity index (χ2n) is 7.01. The Kier molecular flexibility index (Phi) is 7.39. The van der Waals surface area contributed by atoms with E-state index in [2.05, 4.69) is 44.4 Å².